The Kier molecular flexibility index (Phi) is 10.1. The van der Waals surface area contributed by atoms with Crippen molar-refractivity contribution in [3.63, 3.8) is 0 Å². The number of nitroso groups, excluding NO2 is 1. The van der Waals surface area contributed by atoms with Crippen LogP contribution in [0.4, 0.5) is 11.4 Å². The van der Waals surface area contributed by atoms with Gasteiger partial charge in [0.05, 0.1) is 28.3 Å². The van der Waals surface area contributed by atoms with Gasteiger partial charge in [0, 0.05) is 18.7 Å². The first-order valence-electron chi connectivity index (χ1n) is 11.6. The average molecular weight is 516 g/mol. The molecule has 0 aliphatic heterocycles. The Hall–Kier alpha value is -1.95. The van der Waals surface area contributed by atoms with Crippen molar-refractivity contribution in [2.45, 2.75) is 103 Å². The van der Waals surface area contributed by atoms with E-state index in [9.17, 15) is 23.4 Å². The van der Waals surface area contributed by atoms with Gasteiger partial charge in [-0.2, -0.15) is 0 Å². The minimum atomic E-state index is -4.09. The van der Waals surface area contributed by atoms with E-state index < -0.39 is 42.4 Å². The Bertz CT molecular complexity index is 997. The van der Waals surface area contributed by atoms with Gasteiger partial charge in [0.2, 0.25) is 10.0 Å². The van der Waals surface area contributed by atoms with Crippen molar-refractivity contribution in [3.05, 3.63) is 33.2 Å². The maximum absolute atomic E-state index is 12.6. The SMILES string of the molecule is CC(C)(C)CC(C)(C)OC(C)(C)CCOC(C)(C)CCNS(=O)(=O)c1ccc([N+](=O)[O-])cc1N=O. The van der Waals surface area contributed by atoms with E-state index in [0.29, 0.717) is 19.4 Å². The Labute approximate surface area is 209 Å². The fraction of sp³-hybridized carbons (Fsp3) is 0.750. The molecule has 1 rings (SSSR count). The van der Waals surface area contributed by atoms with E-state index in [1.807, 2.05) is 27.7 Å². The molecular formula is C24H41N3O7S. The number of nitrogens with one attached hydrogen (secondary N) is 1. The first-order valence-corrected chi connectivity index (χ1v) is 13.1. The smallest absolute Gasteiger partial charge is 0.271 e. The number of nitro benzene ring substituents is 1. The van der Waals surface area contributed by atoms with Crippen molar-refractivity contribution in [3.8, 4) is 0 Å². The Balaban J connectivity index is 2.65. The molecular weight excluding hydrogens is 474 g/mol. The average Bonchev–Trinajstić information content (AvgIpc) is 2.63. The molecule has 0 saturated heterocycles. The monoisotopic (exact) mass is 515 g/mol. The molecule has 11 heteroatoms. The van der Waals surface area contributed by atoms with Gasteiger partial charge < -0.3 is 9.47 Å². The first-order chi connectivity index (χ1) is 15.7. The third-order valence-electron chi connectivity index (χ3n) is 5.27. The number of hydrogen-bond donors (Lipinski definition) is 1. The quantitative estimate of drug-likeness (QED) is 0.186. The molecule has 0 fully saturated rings. The van der Waals surface area contributed by atoms with Crippen LogP contribution < -0.4 is 4.72 Å². The van der Waals surface area contributed by atoms with Crippen molar-refractivity contribution in [2.24, 2.45) is 10.6 Å². The number of hydrogen-bond acceptors (Lipinski definition) is 8. The molecule has 0 aliphatic carbocycles. The van der Waals surface area contributed by atoms with Crippen molar-refractivity contribution in [1.29, 1.82) is 0 Å². The molecule has 200 valence electrons. The van der Waals surface area contributed by atoms with Crippen molar-refractivity contribution in [2.75, 3.05) is 13.2 Å². The molecule has 0 amide bonds. The van der Waals surface area contributed by atoms with Crippen LogP contribution in [0.2, 0.25) is 0 Å². The van der Waals surface area contributed by atoms with Crippen LogP contribution in [0.1, 0.15) is 81.6 Å². The third kappa shape index (κ3) is 11.1. The molecule has 10 nitrogen and oxygen atoms in total. The lowest BCUT2D eigenvalue weighted by atomic mass is 9.83. The van der Waals surface area contributed by atoms with E-state index >= 15 is 0 Å². The fourth-order valence-electron chi connectivity index (χ4n) is 4.24. The summed E-state index contributed by atoms with van der Waals surface area (Å²) in [6, 6.07) is 2.85. The zero-order valence-corrected chi connectivity index (χ0v) is 23.2. The van der Waals surface area contributed by atoms with Gasteiger partial charge in [-0.1, -0.05) is 20.8 Å². The molecule has 0 saturated carbocycles. The first kappa shape index (κ1) is 31.1. The Morgan fingerprint density at radius 2 is 1.57 bits per heavy atom. The highest BCUT2D eigenvalue weighted by molar-refractivity contribution is 7.89. The number of ether oxygens (including phenoxy) is 2. The zero-order valence-electron chi connectivity index (χ0n) is 22.4. The molecule has 0 radical (unpaired) electrons. The lowest BCUT2D eigenvalue weighted by Gasteiger charge is -2.40. The number of nitro groups is 1. The van der Waals surface area contributed by atoms with Gasteiger partial charge in [-0.25, -0.2) is 13.1 Å². The van der Waals surface area contributed by atoms with Crippen molar-refractivity contribution >= 4 is 21.4 Å². The zero-order chi connectivity index (χ0) is 27.3. The van der Waals surface area contributed by atoms with E-state index in [-0.39, 0.29) is 17.6 Å². The van der Waals surface area contributed by atoms with Crippen LogP contribution in [0.3, 0.4) is 0 Å². The number of nitrogens with zero attached hydrogens (tertiary/aromatic N) is 2. The highest BCUT2D eigenvalue weighted by Crippen LogP contribution is 2.34. The highest BCUT2D eigenvalue weighted by Gasteiger charge is 2.33. The number of sulfonamides is 1. The molecule has 0 spiro atoms. The predicted octanol–water partition coefficient (Wildman–Crippen LogP) is 5.86. The van der Waals surface area contributed by atoms with E-state index in [4.69, 9.17) is 9.47 Å². The summed E-state index contributed by atoms with van der Waals surface area (Å²) in [6.07, 6.45) is 1.93. The lowest BCUT2D eigenvalue weighted by Crippen LogP contribution is -2.41. The standard InChI is InChI=1S/C24H41N3O7S/c1-21(2,3)17-24(8,9)34-23(6,7)13-15-33-22(4,5)12-14-25-35(31,32)20-11-10-18(27(29)30)16-19(20)26-28/h10-11,16,25H,12-15,17H2,1-9H3. The summed E-state index contributed by atoms with van der Waals surface area (Å²) in [7, 11) is -4.09. The minimum absolute atomic E-state index is 0.0448. The molecule has 1 N–H and O–H groups in total. The second kappa shape index (κ2) is 11.4. The Morgan fingerprint density at radius 3 is 2.09 bits per heavy atom. The fourth-order valence-corrected chi connectivity index (χ4v) is 5.38. The van der Waals surface area contributed by atoms with Crippen LogP contribution in [0.25, 0.3) is 0 Å². The number of non-ortho nitro benzene ring substituents is 1. The molecule has 35 heavy (non-hydrogen) atoms. The molecule has 0 atom stereocenters. The number of rotatable bonds is 14. The summed E-state index contributed by atoms with van der Waals surface area (Å²) < 4.78 is 40.1. The third-order valence-corrected chi connectivity index (χ3v) is 6.77. The summed E-state index contributed by atoms with van der Waals surface area (Å²) >= 11 is 0. The van der Waals surface area contributed by atoms with Gasteiger partial charge in [-0.15, -0.1) is 4.91 Å². The van der Waals surface area contributed by atoms with E-state index in [1.54, 1.807) is 0 Å². The maximum Gasteiger partial charge on any atom is 0.271 e. The molecule has 1 aromatic rings. The topological polar surface area (TPSA) is 137 Å². The maximum atomic E-state index is 12.6. The van der Waals surface area contributed by atoms with Crippen molar-refractivity contribution < 1.29 is 22.8 Å². The van der Waals surface area contributed by atoms with Crippen LogP contribution >= 0.6 is 0 Å². The van der Waals surface area contributed by atoms with Gasteiger partial charge in [-0.3, -0.25) is 10.1 Å². The van der Waals surface area contributed by atoms with Gasteiger partial charge in [0.25, 0.3) is 5.69 Å². The summed E-state index contributed by atoms with van der Waals surface area (Å²) in [5.41, 5.74) is -2.10. The molecule has 0 unspecified atom stereocenters. The molecule has 0 bridgehead atoms. The van der Waals surface area contributed by atoms with E-state index in [2.05, 4.69) is 44.5 Å². The minimum Gasteiger partial charge on any atom is -0.375 e. The molecule has 1 aromatic carbocycles. The normalized spacial score (nSPS) is 13.6. The van der Waals surface area contributed by atoms with Crippen LogP contribution in [0, 0.1) is 20.4 Å². The summed E-state index contributed by atoms with van der Waals surface area (Å²) in [4.78, 5) is 20.8. The summed E-state index contributed by atoms with van der Waals surface area (Å²) in [6.45, 7) is 19.0. The van der Waals surface area contributed by atoms with Crippen molar-refractivity contribution in [1.82, 2.24) is 4.72 Å². The molecule has 0 aromatic heterocycles. The van der Waals surface area contributed by atoms with Gasteiger partial charge in [0.1, 0.15) is 10.6 Å². The van der Waals surface area contributed by atoms with Gasteiger partial charge in [0.15, 0.2) is 0 Å². The number of benzene rings is 1. The predicted molar refractivity (Wildman–Crippen MR) is 136 cm³/mol. The van der Waals surface area contributed by atoms with Crippen LogP contribution in [-0.4, -0.2) is 43.3 Å². The Morgan fingerprint density at radius 1 is 0.971 bits per heavy atom. The second-order valence-corrected chi connectivity index (χ2v) is 13.6. The largest absolute Gasteiger partial charge is 0.375 e. The summed E-state index contributed by atoms with van der Waals surface area (Å²) in [5.74, 6) is 0. The molecule has 0 heterocycles. The van der Waals surface area contributed by atoms with E-state index in [1.165, 1.54) is 0 Å². The molecule has 0 aliphatic rings. The van der Waals surface area contributed by atoms with Crippen LogP contribution in [-0.2, 0) is 19.5 Å². The second-order valence-electron chi connectivity index (χ2n) is 11.9. The lowest BCUT2D eigenvalue weighted by molar-refractivity contribution is -0.384. The van der Waals surface area contributed by atoms with E-state index in [0.717, 1.165) is 24.6 Å². The highest BCUT2D eigenvalue weighted by atomic mass is 32.2. The van der Waals surface area contributed by atoms with Gasteiger partial charge in [-0.05, 0) is 77.5 Å². The summed E-state index contributed by atoms with van der Waals surface area (Å²) in [5, 5.41) is 13.5. The van der Waals surface area contributed by atoms with Crippen LogP contribution in [0.5, 0.6) is 0 Å². The van der Waals surface area contributed by atoms with Gasteiger partial charge >= 0.3 is 0 Å². The van der Waals surface area contributed by atoms with Crippen LogP contribution in [0.15, 0.2) is 28.3 Å².